The predicted octanol–water partition coefficient (Wildman–Crippen LogP) is 1.42. The van der Waals surface area contributed by atoms with Crippen LogP contribution in [0.5, 0.6) is 0 Å². The summed E-state index contributed by atoms with van der Waals surface area (Å²) in [6.07, 6.45) is 6.05. The number of aromatic nitrogens is 3. The first-order chi connectivity index (χ1) is 7.75. The van der Waals surface area contributed by atoms with Crippen molar-refractivity contribution in [2.45, 2.75) is 19.4 Å². The number of nitrogens with two attached hydrogens (primary N) is 1. The zero-order valence-electron chi connectivity index (χ0n) is 9.17. The van der Waals surface area contributed by atoms with Crippen LogP contribution in [0.2, 0.25) is 0 Å². The van der Waals surface area contributed by atoms with E-state index < -0.39 is 0 Å². The van der Waals surface area contributed by atoms with Crippen molar-refractivity contribution >= 4 is 0 Å². The molecule has 0 aliphatic carbocycles. The Hall–Kier alpha value is -1.81. The van der Waals surface area contributed by atoms with Crippen molar-refractivity contribution in [1.82, 2.24) is 15.0 Å². The van der Waals surface area contributed by atoms with Crippen molar-refractivity contribution in [2.75, 3.05) is 0 Å². The average molecular weight is 214 g/mol. The maximum Gasteiger partial charge on any atom is 0.125 e. The van der Waals surface area contributed by atoms with E-state index in [9.17, 15) is 0 Å². The predicted molar refractivity (Wildman–Crippen MR) is 61.6 cm³/mol. The smallest absolute Gasteiger partial charge is 0.125 e. The molecule has 0 fully saturated rings. The van der Waals surface area contributed by atoms with E-state index in [1.807, 2.05) is 25.1 Å². The van der Waals surface area contributed by atoms with Crippen LogP contribution < -0.4 is 5.73 Å². The third-order valence-corrected chi connectivity index (χ3v) is 2.38. The molecule has 4 nitrogen and oxygen atoms in total. The minimum absolute atomic E-state index is 0.0934. The maximum atomic E-state index is 6.09. The molecule has 0 aliphatic heterocycles. The zero-order chi connectivity index (χ0) is 11.4. The van der Waals surface area contributed by atoms with E-state index in [4.69, 9.17) is 5.73 Å². The average Bonchev–Trinajstić information content (AvgIpc) is 2.30. The molecule has 0 bridgehead atoms. The van der Waals surface area contributed by atoms with Gasteiger partial charge in [0.2, 0.25) is 0 Å². The molecule has 0 saturated heterocycles. The van der Waals surface area contributed by atoms with Crippen LogP contribution >= 0.6 is 0 Å². The van der Waals surface area contributed by atoms with Gasteiger partial charge in [0, 0.05) is 18.6 Å². The lowest BCUT2D eigenvalue weighted by molar-refractivity contribution is 0.687. The third kappa shape index (κ3) is 2.61. The van der Waals surface area contributed by atoms with Gasteiger partial charge in [-0.15, -0.1) is 0 Å². The molecular weight excluding hydrogens is 200 g/mol. The van der Waals surface area contributed by atoms with E-state index >= 15 is 0 Å². The molecular formula is C12H14N4. The maximum absolute atomic E-state index is 6.09. The van der Waals surface area contributed by atoms with Crippen LogP contribution in [-0.2, 0) is 6.42 Å². The van der Waals surface area contributed by atoms with Crippen LogP contribution in [0.4, 0.5) is 0 Å². The first-order valence-corrected chi connectivity index (χ1v) is 5.20. The Morgan fingerprint density at radius 3 is 2.62 bits per heavy atom. The lowest BCUT2D eigenvalue weighted by Gasteiger charge is -2.10. The number of nitrogens with zero attached hydrogens (tertiary/aromatic N) is 3. The number of pyridine rings is 1. The highest BCUT2D eigenvalue weighted by molar-refractivity contribution is 5.15. The summed E-state index contributed by atoms with van der Waals surface area (Å²) in [4.78, 5) is 12.3. The van der Waals surface area contributed by atoms with Gasteiger partial charge in [-0.3, -0.25) is 4.98 Å². The Balaban J connectivity index is 2.12. The number of rotatable bonds is 3. The first-order valence-electron chi connectivity index (χ1n) is 5.20. The number of hydrogen-bond donors (Lipinski definition) is 1. The molecule has 1 unspecified atom stereocenters. The molecule has 1 atom stereocenters. The minimum Gasteiger partial charge on any atom is -0.322 e. The molecule has 0 radical (unpaired) electrons. The van der Waals surface area contributed by atoms with Gasteiger partial charge in [-0.25, -0.2) is 9.97 Å². The van der Waals surface area contributed by atoms with Crippen LogP contribution in [0.3, 0.4) is 0 Å². The van der Waals surface area contributed by atoms with Gasteiger partial charge in [-0.2, -0.15) is 0 Å². The molecule has 0 amide bonds. The Kier molecular flexibility index (Phi) is 3.22. The van der Waals surface area contributed by atoms with Crippen molar-refractivity contribution in [2.24, 2.45) is 5.73 Å². The standard InChI is InChI=1S/C12H14N4/c1-9-15-7-4-12(16-9)11(13)8-10-2-5-14-6-3-10/h2-7,11H,8,13H2,1H3. The minimum atomic E-state index is -0.0934. The Labute approximate surface area is 94.6 Å². The Morgan fingerprint density at radius 1 is 1.19 bits per heavy atom. The fraction of sp³-hybridized carbons (Fsp3) is 0.250. The Bertz CT molecular complexity index is 456. The van der Waals surface area contributed by atoms with Crippen molar-refractivity contribution in [3.05, 3.63) is 53.9 Å². The lowest BCUT2D eigenvalue weighted by Crippen LogP contribution is -2.15. The molecule has 4 heteroatoms. The summed E-state index contributed by atoms with van der Waals surface area (Å²) in [5.74, 6) is 0.752. The summed E-state index contributed by atoms with van der Waals surface area (Å²) in [5.41, 5.74) is 8.13. The number of hydrogen-bond acceptors (Lipinski definition) is 4. The summed E-state index contributed by atoms with van der Waals surface area (Å²) < 4.78 is 0. The van der Waals surface area contributed by atoms with Crippen molar-refractivity contribution in [3.8, 4) is 0 Å². The summed E-state index contributed by atoms with van der Waals surface area (Å²) in [7, 11) is 0. The van der Waals surface area contributed by atoms with Gasteiger partial charge in [-0.1, -0.05) is 0 Å². The highest BCUT2D eigenvalue weighted by atomic mass is 14.9. The van der Waals surface area contributed by atoms with Gasteiger partial charge >= 0.3 is 0 Å². The van der Waals surface area contributed by atoms with Crippen LogP contribution in [0.25, 0.3) is 0 Å². The monoisotopic (exact) mass is 214 g/mol. The molecule has 0 aliphatic rings. The van der Waals surface area contributed by atoms with Crippen LogP contribution in [-0.4, -0.2) is 15.0 Å². The van der Waals surface area contributed by atoms with E-state index in [-0.39, 0.29) is 6.04 Å². The van der Waals surface area contributed by atoms with E-state index in [0.717, 1.165) is 17.9 Å². The lowest BCUT2D eigenvalue weighted by atomic mass is 10.1. The summed E-state index contributed by atoms with van der Waals surface area (Å²) in [6, 6.07) is 5.70. The van der Waals surface area contributed by atoms with Crippen LogP contribution in [0, 0.1) is 6.92 Å². The van der Waals surface area contributed by atoms with Crippen LogP contribution in [0.15, 0.2) is 36.8 Å². The van der Waals surface area contributed by atoms with Crippen molar-refractivity contribution < 1.29 is 0 Å². The van der Waals surface area contributed by atoms with E-state index in [1.165, 1.54) is 5.56 Å². The highest BCUT2D eigenvalue weighted by Gasteiger charge is 2.08. The van der Waals surface area contributed by atoms with Gasteiger partial charge in [0.15, 0.2) is 0 Å². The largest absolute Gasteiger partial charge is 0.322 e. The quantitative estimate of drug-likeness (QED) is 0.839. The first kappa shape index (κ1) is 10.7. The Morgan fingerprint density at radius 2 is 1.94 bits per heavy atom. The van der Waals surface area contributed by atoms with Gasteiger partial charge < -0.3 is 5.73 Å². The molecule has 0 aromatic carbocycles. The molecule has 0 spiro atoms. The van der Waals surface area contributed by atoms with E-state index in [1.54, 1.807) is 18.6 Å². The fourth-order valence-corrected chi connectivity index (χ4v) is 1.56. The summed E-state index contributed by atoms with van der Waals surface area (Å²) in [6.45, 7) is 1.86. The second-order valence-electron chi connectivity index (χ2n) is 3.69. The molecule has 82 valence electrons. The second kappa shape index (κ2) is 4.81. The molecule has 2 rings (SSSR count). The molecule has 2 aromatic heterocycles. The van der Waals surface area contributed by atoms with Gasteiger partial charge in [0.05, 0.1) is 11.7 Å². The van der Waals surface area contributed by atoms with Crippen molar-refractivity contribution in [1.29, 1.82) is 0 Å². The summed E-state index contributed by atoms with van der Waals surface area (Å²) >= 11 is 0. The normalized spacial score (nSPS) is 12.4. The molecule has 0 saturated carbocycles. The highest BCUT2D eigenvalue weighted by Crippen LogP contribution is 2.12. The van der Waals surface area contributed by atoms with Gasteiger partial charge in [0.1, 0.15) is 5.82 Å². The molecule has 2 N–H and O–H groups in total. The van der Waals surface area contributed by atoms with Gasteiger partial charge in [0.25, 0.3) is 0 Å². The van der Waals surface area contributed by atoms with Crippen LogP contribution in [0.1, 0.15) is 23.1 Å². The SMILES string of the molecule is Cc1nccc(C(N)Cc2ccncc2)n1. The third-order valence-electron chi connectivity index (χ3n) is 2.38. The van der Waals surface area contributed by atoms with Crippen molar-refractivity contribution in [3.63, 3.8) is 0 Å². The van der Waals surface area contributed by atoms with Gasteiger partial charge in [-0.05, 0) is 37.1 Å². The topological polar surface area (TPSA) is 64.7 Å². The molecule has 2 heterocycles. The van der Waals surface area contributed by atoms with E-state index in [2.05, 4.69) is 15.0 Å². The molecule has 16 heavy (non-hydrogen) atoms. The second-order valence-corrected chi connectivity index (χ2v) is 3.69. The number of aryl methyl sites for hydroxylation is 1. The summed E-state index contributed by atoms with van der Waals surface area (Å²) in [5, 5.41) is 0. The van der Waals surface area contributed by atoms with E-state index in [0.29, 0.717) is 0 Å². The molecule has 2 aromatic rings. The zero-order valence-corrected chi connectivity index (χ0v) is 9.17. The fourth-order valence-electron chi connectivity index (χ4n) is 1.56.